The molecule has 2 fully saturated rings. The Morgan fingerprint density at radius 2 is 1.50 bits per heavy atom. The second kappa shape index (κ2) is 13.4. The zero-order valence-corrected chi connectivity index (χ0v) is 16.1. The highest BCUT2D eigenvalue weighted by Gasteiger charge is 2.21. The average Bonchev–Trinajstić information content (AvgIpc) is 2.49. The first kappa shape index (κ1) is 21.9. The Hall–Kier alpha value is -0.0800. The van der Waals surface area contributed by atoms with Gasteiger partial charge in [0.25, 0.3) is 0 Å². The van der Waals surface area contributed by atoms with Gasteiger partial charge in [-0.3, -0.25) is 0 Å². The van der Waals surface area contributed by atoms with E-state index in [1.165, 1.54) is 57.8 Å². The van der Waals surface area contributed by atoms with Crippen LogP contribution in [0.1, 0.15) is 92.4 Å². The monoisotopic (exact) mass is 312 g/mol. The van der Waals surface area contributed by atoms with Gasteiger partial charge in [-0.05, 0) is 62.3 Å². The second-order valence-corrected chi connectivity index (χ2v) is 7.80. The first-order valence-electron chi connectivity index (χ1n) is 9.96. The summed E-state index contributed by atoms with van der Waals surface area (Å²) in [4.78, 5) is 0. The van der Waals surface area contributed by atoms with Crippen LogP contribution in [0.15, 0.2) is 0 Å². The molecule has 0 spiro atoms. The van der Waals surface area contributed by atoms with Crippen LogP contribution >= 0.6 is 0 Å². The van der Waals surface area contributed by atoms with E-state index in [2.05, 4.69) is 20.8 Å². The third-order valence-corrected chi connectivity index (χ3v) is 5.01. The minimum atomic E-state index is 0.513. The van der Waals surface area contributed by atoms with Gasteiger partial charge in [-0.15, -0.1) is 0 Å². The predicted molar refractivity (Wildman–Crippen MR) is 101 cm³/mol. The lowest BCUT2D eigenvalue weighted by Gasteiger charge is -2.29. The highest BCUT2D eigenvalue weighted by molar-refractivity contribution is 4.74. The summed E-state index contributed by atoms with van der Waals surface area (Å²) in [5.74, 6) is 3.57. The van der Waals surface area contributed by atoms with Gasteiger partial charge in [0.05, 0.1) is 0 Å². The van der Waals surface area contributed by atoms with Crippen molar-refractivity contribution in [1.29, 1.82) is 0 Å². The van der Waals surface area contributed by atoms with Crippen LogP contribution in [0.25, 0.3) is 0 Å². The van der Waals surface area contributed by atoms with Gasteiger partial charge < -0.3 is 11.5 Å². The molecule has 0 aromatic rings. The van der Waals surface area contributed by atoms with Crippen molar-refractivity contribution in [2.45, 2.75) is 98.4 Å². The first-order chi connectivity index (χ1) is 10.5. The lowest BCUT2D eigenvalue weighted by Crippen LogP contribution is -2.26. The number of rotatable bonds is 3. The van der Waals surface area contributed by atoms with Crippen molar-refractivity contribution in [1.82, 2.24) is 0 Å². The van der Waals surface area contributed by atoms with Crippen LogP contribution in [0, 0.1) is 23.7 Å². The summed E-state index contributed by atoms with van der Waals surface area (Å²) < 4.78 is 0. The van der Waals surface area contributed by atoms with Gasteiger partial charge in [0.15, 0.2) is 0 Å². The van der Waals surface area contributed by atoms with Crippen molar-refractivity contribution in [3.05, 3.63) is 0 Å². The summed E-state index contributed by atoms with van der Waals surface area (Å²) in [6.07, 6.45) is 12.3. The molecule has 0 radical (unpaired) electrons. The fraction of sp³-hybridized carbons (Fsp3) is 1.00. The highest BCUT2D eigenvalue weighted by atomic mass is 14.6. The van der Waals surface area contributed by atoms with E-state index in [0.29, 0.717) is 6.04 Å². The van der Waals surface area contributed by atoms with E-state index in [1.54, 1.807) is 0 Å². The van der Waals surface area contributed by atoms with Crippen molar-refractivity contribution in [3.63, 3.8) is 0 Å². The van der Waals surface area contributed by atoms with Crippen LogP contribution in [0.4, 0.5) is 0 Å². The van der Waals surface area contributed by atoms with Gasteiger partial charge in [-0.25, -0.2) is 0 Å². The third-order valence-electron chi connectivity index (χ3n) is 5.01. The van der Waals surface area contributed by atoms with E-state index in [1.807, 2.05) is 13.8 Å². The van der Waals surface area contributed by atoms with Crippen molar-refractivity contribution in [3.8, 4) is 0 Å². The molecule has 2 saturated carbocycles. The SMILES string of the molecule is CC.CC(C)CC1CCCC(CN)C1.CC1CCCC(N)C1. The Balaban J connectivity index is 0.000000382. The topological polar surface area (TPSA) is 52.0 Å². The lowest BCUT2D eigenvalue weighted by molar-refractivity contribution is 0.240. The molecule has 0 amide bonds. The van der Waals surface area contributed by atoms with Crippen molar-refractivity contribution < 1.29 is 0 Å². The molecule has 22 heavy (non-hydrogen) atoms. The van der Waals surface area contributed by atoms with Crippen LogP contribution in [0.2, 0.25) is 0 Å². The van der Waals surface area contributed by atoms with E-state index < -0.39 is 0 Å². The molecule has 2 aliphatic rings. The fourth-order valence-electron chi connectivity index (χ4n) is 3.98. The van der Waals surface area contributed by atoms with E-state index in [-0.39, 0.29) is 0 Å². The molecule has 0 aromatic carbocycles. The Kier molecular flexibility index (Phi) is 13.3. The quantitative estimate of drug-likeness (QED) is 0.738. The van der Waals surface area contributed by atoms with Crippen LogP contribution in [-0.2, 0) is 0 Å². The normalized spacial score (nSPS) is 31.6. The van der Waals surface area contributed by atoms with Gasteiger partial charge in [0, 0.05) is 6.04 Å². The lowest BCUT2D eigenvalue weighted by atomic mass is 9.78. The molecule has 4 N–H and O–H groups in total. The zero-order valence-electron chi connectivity index (χ0n) is 16.1. The molecule has 2 heteroatoms. The maximum atomic E-state index is 5.73. The van der Waals surface area contributed by atoms with Gasteiger partial charge in [-0.1, -0.05) is 60.3 Å². The molecule has 4 atom stereocenters. The van der Waals surface area contributed by atoms with E-state index in [0.717, 1.165) is 30.2 Å². The average molecular weight is 313 g/mol. The molecule has 0 heterocycles. The minimum absolute atomic E-state index is 0.513. The van der Waals surface area contributed by atoms with Gasteiger partial charge in [-0.2, -0.15) is 0 Å². The van der Waals surface area contributed by atoms with E-state index in [4.69, 9.17) is 11.5 Å². The summed E-state index contributed by atoms with van der Waals surface area (Å²) in [6.45, 7) is 11.9. The standard InChI is InChI=1S/C11H23N.C7H15N.C2H6/c1-9(2)6-10-4-3-5-11(7-10)8-12;1-6-3-2-4-7(8)5-6;1-2/h9-11H,3-8,12H2,1-2H3;6-7H,2-5,8H2,1H3;1-2H3. The van der Waals surface area contributed by atoms with E-state index >= 15 is 0 Å². The van der Waals surface area contributed by atoms with Crippen LogP contribution in [-0.4, -0.2) is 12.6 Å². The second-order valence-electron chi connectivity index (χ2n) is 7.80. The van der Waals surface area contributed by atoms with Crippen molar-refractivity contribution in [2.75, 3.05) is 6.54 Å². The summed E-state index contributed by atoms with van der Waals surface area (Å²) in [7, 11) is 0. The first-order valence-corrected chi connectivity index (χ1v) is 9.96. The third kappa shape index (κ3) is 10.6. The molecule has 2 aliphatic carbocycles. The molecule has 134 valence electrons. The van der Waals surface area contributed by atoms with E-state index in [9.17, 15) is 0 Å². The largest absolute Gasteiger partial charge is 0.330 e. The van der Waals surface area contributed by atoms with Gasteiger partial charge >= 0.3 is 0 Å². The molecule has 4 unspecified atom stereocenters. The van der Waals surface area contributed by atoms with Crippen LogP contribution in [0.3, 0.4) is 0 Å². The van der Waals surface area contributed by atoms with Crippen molar-refractivity contribution in [2.24, 2.45) is 35.1 Å². The Morgan fingerprint density at radius 3 is 1.95 bits per heavy atom. The molecule has 0 aliphatic heterocycles. The molecule has 0 bridgehead atoms. The Bertz CT molecular complexity index is 232. The van der Waals surface area contributed by atoms with Crippen molar-refractivity contribution >= 4 is 0 Å². The summed E-state index contributed by atoms with van der Waals surface area (Å²) in [5.41, 5.74) is 11.4. The molecule has 2 nitrogen and oxygen atoms in total. The molecule has 0 saturated heterocycles. The summed E-state index contributed by atoms with van der Waals surface area (Å²) in [5, 5.41) is 0. The van der Waals surface area contributed by atoms with Crippen LogP contribution in [0.5, 0.6) is 0 Å². The van der Waals surface area contributed by atoms with Gasteiger partial charge in [0.1, 0.15) is 0 Å². The number of hydrogen-bond donors (Lipinski definition) is 2. The number of hydrogen-bond acceptors (Lipinski definition) is 2. The van der Waals surface area contributed by atoms with Gasteiger partial charge in [0.2, 0.25) is 0 Å². The Morgan fingerprint density at radius 1 is 0.909 bits per heavy atom. The maximum Gasteiger partial charge on any atom is 0.00413 e. The molecular weight excluding hydrogens is 268 g/mol. The smallest absolute Gasteiger partial charge is 0.00413 e. The molecule has 2 rings (SSSR count). The number of nitrogens with two attached hydrogens (primary N) is 2. The minimum Gasteiger partial charge on any atom is -0.330 e. The van der Waals surface area contributed by atoms with Crippen LogP contribution < -0.4 is 11.5 Å². The molecular formula is C20H44N2. The molecule has 0 aromatic heterocycles. The zero-order chi connectivity index (χ0) is 17.0. The maximum absolute atomic E-state index is 5.73. The Labute approximate surface area is 140 Å². The predicted octanol–water partition coefficient (Wildman–Crippen LogP) is 5.35. The summed E-state index contributed by atoms with van der Waals surface area (Å²) in [6, 6.07) is 0.513. The highest BCUT2D eigenvalue weighted by Crippen LogP contribution is 2.32. The fourth-order valence-corrected chi connectivity index (χ4v) is 3.98. The summed E-state index contributed by atoms with van der Waals surface area (Å²) >= 11 is 0.